The maximum atomic E-state index is 11.2. The van der Waals surface area contributed by atoms with Gasteiger partial charge in [0, 0.05) is 41.4 Å². The van der Waals surface area contributed by atoms with Crippen LogP contribution in [0.25, 0.3) is 0 Å². The van der Waals surface area contributed by atoms with E-state index in [4.69, 9.17) is 0 Å². The number of hydrogen-bond donors (Lipinski definition) is 0. The topological polar surface area (TPSA) is 23.6 Å². The molecule has 2 heterocycles. The Hall–Kier alpha value is -0.870. The molecule has 2 aliphatic rings. The van der Waals surface area contributed by atoms with Crippen LogP contribution in [0.2, 0.25) is 0 Å². The van der Waals surface area contributed by atoms with E-state index in [0.717, 1.165) is 35.1 Å². The SMILES string of the molecule is O=Cc1ccc(Br)cc1N1CCCN2CCCC2C1. The number of fused-ring (bicyclic) bond motifs is 1. The number of carbonyl (C=O) groups is 1. The van der Waals surface area contributed by atoms with Crippen LogP contribution in [0.1, 0.15) is 29.6 Å². The van der Waals surface area contributed by atoms with E-state index < -0.39 is 0 Å². The number of carbonyl (C=O) groups excluding carboxylic acids is 1. The molecule has 3 rings (SSSR count). The van der Waals surface area contributed by atoms with Crippen molar-refractivity contribution in [3.63, 3.8) is 0 Å². The molecular weight excluding hydrogens is 304 g/mol. The third-order valence-electron chi connectivity index (χ3n) is 4.26. The molecule has 1 unspecified atom stereocenters. The first-order valence-corrected chi connectivity index (χ1v) is 7.81. The lowest BCUT2D eigenvalue weighted by molar-refractivity contribution is 0.112. The molecule has 0 N–H and O–H groups in total. The van der Waals surface area contributed by atoms with Gasteiger partial charge < -0.3 is 4.90 Å². The van der Waals surface area contributed by atoms with Gasteiger partial charge in [0.05, 0.1) is 0 Å². The predicted molar refractivity (Wildman–Crippen MR) is 81.0 cm³/mol. The Kier molecular flexibility index (Phi) is 3.89. The zero-order chi connectivity index (χ0) is 13.2. The molecule has 0 bridgehead atoms. The highest BCUT2D eigenvalue weighted by atomic mass is 79.9. The lowest BCUT2D eigenvalue weighted by Crippen LogP contribution is -2.37. The molecule has 0 radical (unpaired) electrons. The summed E-state index contributed by atoms with van der Waals surface area (Å²) in [6, 6.07) is 6.59. The average Bonchev–Trinajstić information content (AvgIpc) is 2.76. The molecule has 2 saturated heterocycles. The number of hydrogen-bond acceptors (Lipinski definition) is 3. The molecule has 0 aliphatic carbocycles. The fourth-order valence-corrected chi connectivity index (χ4v) is 3.66. The van der Waals surface area contributed by atoms with E-state index in [-0.39, 0.29) is 0 Å². The fourth-order valence-electron chi connectivity index (χ4n) is 3.32. The van der Waals surface area contributed by atoms with Crippen molar-refractivity contribution in [2.24, 2.45) is 0 Å². The van der Waals surface area contributed by atoms with Gasteiger partial charge in [-0.3, -0.25) is 9.69 Å². The van der Waals surface area contributed by atoms with Crippen LogP contribution >= 0.6 is 15.9 Å². The van der Waals surface area contributed by atoms with Crippen LogP contribution in [0.5, 0.6) is 0 Å². The number of rotatable bonds is 2. The van der Waals surface area contributed by atoms with Crippen molar-refractivity contribution in [1.29, 1.82) is 0 Å². The molecule has 0 saturated carbocycles. The van der Waals surface area contributed by atoms with Crippen molar-refractivity contribution in [3.8, 4) is 0 Å². The summed E-state index contributed by atoms with van der Waals surface area (Å²) >= 11 is 3.52. The number of benzene rings is 1. The summed E-state index contributed by atoms with van der Waals surface area (Å²) in [6.45, 7) is 4.55. The van der Waals surface area contributed by atoms with Crippen molar-refractivity contribution in [2.75, 3.05) is 31.1 Å². The molecule has 19 heavy (non-hydrogen) atoms. The molecule has 0 amide bonds. The first kappa shape index (κ1) is 13.1. The minimum absolute atomic E-state index is 0.668. The van der Waals surface area contributed by atoms with Crippen molar-refractivity contribution >= 4 is 27.9 Å². The molecule has 2 aliphatic heterocycles. The summed E-state index contributed by atoms with van der Waals surface area (Å²) in [7, 11) is 0. The lowest BCUT2D eigenvalue weighted by Gasteiger charge is -2.28. The molecule has 2 fully saturated rings. The maximum Gasteiger partial charge on any atom is 0.152 e. The van der Waals surface area contributed by atoms with E-state index >= 15 is 0 Å². The number of aldehydes is 1. The van der Waals surface area contributed by atoms with E-state index in [1.54, 1.807) is 0 Å². The van der Waals surface area contributed by atoms with Gasteiger partial charge in [0.1, 0.15) is 0 Å². The predicted octanol–water partition coefficient (Wildman–Crippen LogP) is 2.94. The fraction of sp³-hybridized carbons (Fsp3) is 0.533. The highest BCUT2D eigenvalue weighted by Gasteiger charge is 2.29. The number of nitrogens with zero attached hydrogens (tertiary/aromatic N) is 2. The largest absolute Gasteiger partial charge is 0.369 e. The van der Waals surface area contributed by atoms with E-state index in [1.807, 2.05) is 12.1 Å². The van der Waals surface area contributed by atoms with Crippen molar-refractivity contribution in [2.45, 2.75) is 25.3 Å². The van der Waals surface area contributed by atoms with Crippen molar-refractivity contribution in [3.05, 3.63) is 28.2 Å². The second kappa shape index (κ2) is 5.63. The Morgan fingerprint density at radius 1 is 1.21 bits per heavy atom. The smallest absolute Gasteiger partial charge is 0.152 e. The van der Waals surface area contributed by atoms with Crippen LogP contribution in [0.3, 0.4) is 0 Å². The Labute approximate surface area is 122 Å². The highest BCUT2D eigenvalue weighted by molar-refractivity contribution is 9.10. The molecular formula is C15H19BrN2O. The van der Waals surface area contributed by atoms with Gasteiger partial charge >= 0.3 is 0 Å². The van der Waals surface area contributed by atoms with E-state index in [0.29, 0.717) is 6.04 Å². The Balaban J connectivity index is 1.88. The van der Waals surface area contributed by atoms with Gasteiger partial charge in [0.2, 0.25) is 0 Å². The maximum absolute atomic E-state index is 11.2. The van der Waals surface area contributed by atoms with E-state index in [1.165, 1.54) is 32.4 Å². The first-order valence-electron chi connectivity index (χ1n) is 7.01. The molecule has 1 aromatic carbocycles. The molecule has 1 atom stereocenters. The highest BCUT2D eigenvalue weighted by Crippen LogP contribution is 2.28. The Morgan fingerprint density at radius 3 is 2.89 bits per heavy atom. The van der Waals surface area contributed by atoms with Crippen LogP contribution < -0.4 is 4.90 Å². The first-order chi connectivity index (χ1) is 9.28. The van der Waals surface area contributed by atoms with E-state index in [2.05, 4.69) is 31.8 Å². The van der Waals surface area contributed by atoms with Crippen molar-refractivity contribution in [1.82, 2.24) is 4.90 Å². The van der Waals surface area contributed by atoms with E-state index in [9.17, 15) is 4.79 Å². The molecule has 3 nitrogen and oxygen atoms in total. The molecule has 0 spiro atoms. The van der Waals surface area contributed by atoms with Gasteiger partial charge in [-0.15, -0.1) is 0 Å². The number of anilines is 1. The molecule has 1 aromatic rings. The summed E-state index contributed by atoms with van der Waals surface area (Å²) in [5, 5.41) is 0. The standard InChI is InChI=1S/C15H19BrN2O/c16-13-5-4-12(11-19)15(9-13)18-8-2-7-17-6-1-3-14(17)10-18/h4-5,9,11,14H,1-3,6-8,10H2. The summed E-state index contributed by atoms with van der Waals surface area (Å²) in [5.41, 5.74) is 1.88. The van der Waals surface area contributed by atoms with Gasteiger partial charge in [-0.2, -0.15) is 0 Å². The third kappa shape index (κ3) is 2.70. The third-order valence-corrected chi connectivity index (χ3v) is 4.76. The minimum atomic E-state index is 0.668. The van der Waals surface area contributed by atoms with Crippen LogP contribution in [0.15, 0.2) is 22.7 Å². The zero-order valence-electron chi connectivity index (χ0n) is 11.0. The molecule has 102 valence electrons. The average molecular weight is 323 g/mol. The van der Waals surface area contributed by atoms with Crippen LogP contribution in [0.4, 0.5) is 5.69 Å². The normalized spacial score (nSPS) is 24.1. The van der Waals surface area contributed by atoms with Crippen LogP contribution in [0, 0.1) is 0 Å². The Bertz CT molecular complexity index is 477. The van der Waals surface area contributed by atoms with Gasteiger partial charge in [-0.1, -0.05) is 15.9 Å². The summed E-state index contributed by atoms with van der Waals surface area (Å²) in [4.78, 5) is 16.2. The summed E-state index contributed by atoms with van der Waals surface area (Å²) < 4.78 is 1.04. The quantitative estimate of drug-likeness (QED) is 0.782. The van der Waals surface area contributed by atoms with Gasteiger partial charge in [-0.05, 0) is 44.0 Å². The monoisotopic (exact) mass is 322 g/mol. The summed E-state index contributed by atoms with van der Waals surface area (Å²) in [6.07, 6.45) is 4.76. The van der Waals surface area contributed by atoms with Gasteiger partial charge in [-0.25, -0.2) is 0 Å². The van der Waals surface area contributed by atoms with Crippen molar-refractivity contribution < 1.29 is 4.79 Å². The van der Waals surface area contributed by atoms with Crippen LogP contribution in [-0.4, -0.2) is 43.4 Å². The molecule has 0 aromatic heterocycles. The second-order valence-corrected chi connectivity index (χ2v) is 6.37. The summed E-state index contributed by atoms with van der Waals surface area (Å²) in [5.74, 6) is 0. The van der Waals surface area contributed by atoms with Crippen LogP contribution in [-0.2, 0) is 0 Å². The molecule has 4 heteroatoms. The zero-order valence-corrected chi connectivity index (χ0v) is 12.6. The Morgan fingerprint density at radius 2 is 2.05 bits per heavy atom. The van der Waals surface area contributed by atoms with Gasteiger partial charge in [0.15, 0.2) is 6.29 Å². The second-order valence-electron chi connectivity index (χ2n) is 5.45. The lowest BCUT2D eigenvalue weighted by atomic mass is 10.1. The number of halogens is 1. The minimum Gasteiger partial charge on any atom is -0.369 e. The van der Waals surface area contributed by atoms with Gasteiger partial charge in [0.25, 0.3) is 0 Å².